The summed E-state index contributed by atoms with van der Waals surface area (Å²) in [5.74, 6) is 1.24. The van der Waals surface area contributed by atoms with Gasteiger partial charge in [-0.05, 0) is 69.5 Å². The number of ether oxygens (including phenoxy) is 1. The fourth-order valence-electron chi connectivity index (χ4n) is 4.75. The van der Waals surface area contributed by atoms with Crippen LogP contribution in [0.15, 0.2) is 66.7 Å². The zero-order chi connectivity index (χ0) is 23.8. The quantitative estimate of drug-likeness (QED) is 0.452. The van der Waals surface area contributed by atoms with Gasteiger partial charge in [0.25, 0.3) is 5.91 Å². The fraction of sp³-hybridized carbons (Fsp3) is 0.379. The molecule has 4 rings (SSSR count). The highest BCUT2D eigenvalue weighted by Gasteiger charge is 2.26. The number of aryl methyl sites for hydroxylation is 2. The summed E-state index contributed by atoms with van der Waals surface area (Å²) in [6, 6.07) is 22.5. The highest BCUT2D eigenvalue weighted by molar-refractivity contribution is 5.95. The van der Waals surface area contributed by atoms with Crippen molar-refractivity contribution in [3.63, 3.8) is 0 Å². The van der Waals surface area contributed by atoms with Crippen LogP contribution in [0.25, 0.3) is 0 Å². The Morgan fingerprint density at radius 2 is 1.76 bits per heavy atom. The first kappa shape index (κ1) is 24.0. The van der Waals surface area contributed by atoms with Crippen molar-refractivity contribution in [2.45, 2.75) is 45.1 Å². The molecule has 34 heavy (non-hydrogen) atoms. The monoisotopic (exact) mass is 457 g/mol. The zero-order valence-corrected chi connectivity index (χ0v) is 20.3. The molecule has 1 saturated heterocycles. The van der Waals surface area contributed by atoms with Crippen LogP contribution in [-0.4, -0.2) is 42.5 Å². The van der Waals surface area contributed by atoms with Gasteiger partial charge in [0, 0.05) is 30.3 Å². The molecule has 0 aliphatic carbocycles. The van der Waals surface area contributed by atoms with Gasteiger partial charge in [-0.3, -0.25) is 14.7 Å². The summed E-state index contributed by atoms with van der Waals surface area (Å²) in [7, 11) is 1.72. The molecule has 0 unspecified atom stereocenters. The Hall–Kier alpha value is -3.18. The predicted molar refractivity (Wildman–Crippen MR) is 136 cm³/mol. The molecule has 1 amide bonds. The van der Waals surface area contributed by atoms with Gasteiger partial charge in [-0.2, -0.15) is 0 Å². The number of rotatable bonds is 9. The molecule has 178 valence electrons. The summed E-state index contributed by atoms with van der Waals surface area (Å²) in [4.78, 5) is 20.3. The number of benzene rings is 2. The maximum absolute atomic E-state index is 13.0. The number of carbonyl (C=O) groups is 1. The third-order valence-corrected chi connectivity index (χ3v) is 6.64. The van der Waals surface area contributed by atoms with E-state index in [-0.39, 0.29) is 5.91 Å². The van der Waals surface area contributed by atoms with Gasteiger partial charge in [0.15, 0.2) is 0 Å². The molecule has 5 nitrogen and oxygen atoms in total. The van der Waals surface area contributed by atoms with Crippen LogP contribution in [0.4, 0.5) is 0 Å². The molecule has 0 spiro atoms. The summed E-state index contributed by atoms with van der Waals surface area (Å²) in [5.41, 5.74) is 5.17. The van der Waals surface area contributed by atoms with E-state index in [4.69, 9.17) is 9.72 Å². The number of nitrogens with one attached hydrogen (secondary N) is 1. The van der Waals surface area contributed by atoms with E-state index < -0.39 is 0 Å². The highest BCUT2D eigenvalue weighted by Crippen LogP contribution is 2.31. The van der Waals surface area contributed by atoms with Gasteiger partial charge < -0.3 is 10.1 Å². The summed E-state index contributed by atoms with van der Waals surface area (Å²) in [6.45, 7) is 5.51. The van der Waals surface area contributed by atoms with E-state index in [2.05, 4.69) is 46.6 Å². The van der Waals surface area contributed by atoms with Crippen molar-refractivity contribution in [3.05, 3.63) is 94.8 Å². The molecule has 1 aromatic heterocycles. The van der Waals surface area contributed by atoms with Crippen molar-refractivity contribution in [2.24, 2.45) is 0 Å². The Labute approximate surface area is 203 Å². The second-order valence-electron chi connectivity index (χ2n) is 9.09. The molecule has 1 N–H and O–H groups in total. The number of likely N-dealkylation sites (tertiary alicyclic amines) is 1. The van der Waals surface area contributed by atoms with Crippen molar-refractivity contribution < 1.29 is 9.53 Å². The van der Waals surface area contributed by atoms with E-state index in [9.17, 15) is 4.79 Å². The molecule has 0 bridgehead atoms. The number of piperidine rings is 1. The molecule has 1 aliphatic heterocycles. The van der Waals surface area contributed by atoms with Gasteiger partial charge >= 0.3 is 0 Å². The van der Waals surface area contributed by atoms with Crippen LogP contribution >= 0.6 is 0 Å². The van der Waals surface area contributed by atoms with Gasteiger partial charge in [0.05, 0.1) is 18.4 Å². The SMILES string of the molecule is COc1ccccc1CN1CCC(c2nc(C)ccc2C(=O)NCCCc2ccccc2)CC1. The summed E-state index contributed by atoms with van der Waals surface area (Å²) < 4.78 is 5.52. The third-order valence-electron chi connectivity index (χ3n) is 6.64. The van der Waals surface area contributed by atoms with Gasteiger partial charge in [0.1, 0.15) is 5.75 Å². The first-order valence-corrected chi connectivity index (χ1v) is 12.3. The largest absolute Gasteiger partial charge is 0.496 e. The molecule has 5 heteroatoms. The van der Waals surface area contributed by atoms with E-state index in [1.54, 1.807) is 7.11 Å². The average Bonchev–Trinajstić information content (AvgIpc) is 2.88. The number of aromatic nitrogens is 1. The molecule has 1 fully saturated rings. The first-order chi connectivity index (χ1) is 16.6. The smallest absolute Gasteiger partial charge is 0.253 e. The summed E-state index contributed by atoms with van der Waals surface area (Å²) >= 11 is 0. The van der Waals surface area contributed by atoms with Gasteiger partial charge in [0.2, 0.25) is 0 Å². The second kappa shape index (κ2) is 11.8. The Balaban J connectivity index is 1.34. The standard InChI is InChI=1S/C29H35N3O2/c1-22-14-15-26(29(33)30-18-8-11-23-9-4-3-5-10-23)28(31-22)24-16-19-32(20-17-24)21-25-12-6-7-13-27(25)34-2/h3-7,9-10,12-15,24H,8,11,16-21H2,1-2H3,(H,30,33). The molecular formula is C29H35N3O2. The van der Waals surface area contributed by atoms with Gasteiger partial charge in [-0.1, -0.05) is 48.5 Å². The number of hydrogen-bond acceptors (Lipinski definition) is 4. The van der Waals surface area contributed by atoms with Crippen LogP contribution in [0.5, 0.6) is 5.75 Å². The summed E-state index contributed by atoms with van der Waals surface area (Å²) in [6.07, 6.45) is 3.89. The zero-order valence-electron chi connectivity index (χ0n) is 20.3. The minimum absolute atomic E-state index is 0.00740. The van der Waals surface area contributed by atoms with Crippen molar-refractivity contribution in [1.82, 2.24) is 15.2 Å². The molecule has 0 radical (unpaired) electrons. The van der Waals surface area contributed by atoms with Crippen molar-refractivity contribution in [1.29, 1.82) is 0 Å². The van der Waals surface area contributed by atoms with Crippen LogP contribution in [0.3, 0.4) is 0 Å². The lowest BCUT2D eigenvalue weighted by Crippen LogP contribution is -2.34. The Kier molecular flexibility index (Phi) is 8.31. The Bertz CT molecular complexity index is 1080. The number of nitrogens with zero attached hydrogens (tertiary/aromatic N) is 2. The number of para-hydroxylation sites is 1. The topological polar surface area (TPSA) is 54.5 Å². The molecule has 0 saturated carbocycles. The molecule has 0 atom stereocenters. The van der Waals surface area contributed by atoms with Crippen molar-refractivity contribution in [3.8, 4) is 5.75 Å². The van der Waals surface area contributed by atoms with Gasteiger partial charge in [-0.15, -0.1) is 0 Å². The fourth-order valence-corrected chi connectivity index (χ4v) is 4.75. The normalized spacial score (nSPS) is 14.6. The van der Waals surface area contributed by atoms with E-state index in [1.165, 1.54) is 11.1 Å². The maximum Gasteiger partial charge on any atom is 0.253 e. The van der Waals surface area contributed by atoms with Crippen LogP contribution in [-0.2, 0) is 13.0 Å². The molecular weight excluding hydrogens is 422 g/mol. The minimum atomic E-state index is -0.00740. The highest BCUT2D eigenvalue weighted by atomic mass is 16.5. The number of pyridine rings is 1. The van der Waals surface area contributed by atoms with Crippen molar-refractivity contribution in [2.75, 3.05) is 26.7 Å². The minimum Gasteiger partial charge on any atom is -0.496 e. The van der Waals surface area contributed by atoms with E-state index in [0.717, 1.165) is 68.0 Å². The molecule has 3 aromatic rings. The van der Waals surface area contributed by atoms with Gasteiger partial charge in [-0.25, -0.2) is 0 Å². The first-order valence-electron chi connectivity index (χ1n) is 12.3. The molecule has 1 aliphatic rings. The van der Waals surface area contributed by atoms with Crippen LogP contribution in [0.1, 0.15) is 58.1 Å². The molecule has 2 heterocycles. The van der Waals surface area contributed by atoms with E-state index >= 15 is 0 Å². The third kappa shape index (κ3) is 6.23. The Morgan fingerprint density at radius 1 is 1.03 bits per heavy atom. The lowest BCUT2D eigenvalue weighted by atomic mass is 9.89. The second-order valence-corrected chi connectivity index (χ2v) is 9.09. The van der Waals surface area contributed by atoms with Crippen LogP contribution < -0.4 is 10.1 Å². The van der Waals surface area contributed by atoms with Crippen LogP contribution in [0, 0.1) is 6.92 Å². The van der Waals surface area contributed by atoms with E-state index in [1.807, 2.05) is 37.3 Å². The number of carbonyl (C=O) groups excluding carboxylic acids is 1. The lowest BCUT2D eigenvalue weighted by molar-refractivity contribution is 0.0950. The lowest BCUT2D eigenvalue weighted by Gasteiger charge is -2.32. The molecule has 2 aromatic carbocycles. The average molecular weight is 458 g/mol. The Morgan fingerprint density at radius 3 is 2.53 bits per heavy atom. The number of methoxy groups -OCH3 is 1. The van der Waals surface area contributed by atoms with Crippen molar-refractivity contribution >= 4 is 5.91 Å². The predicted octanol–water partition coefficient (Wildman–Crippen LogP) is 5.14. The van der Waals surface area contributed by atoms with Crippen LogP contribution in [0.2, 0.25) is 0 Å². The number of hydrogen-bond donors (Lipinski definition) is 1. The maximum atomic E-state index is 13.0. The van der Waals surface area contributed by atoms with E-state index in [0.29, 0.717) is 12.5 Å². The summed E-state index contributed by atoms with van der Waals surface area (Å²) in [5, 5.41) is 3.12. The number of amides is 1.